The van der Waals surface area contributed by atoms with Crippen LogP contribution in [0, 0.1) is 26.7 Å². The number of methoxy groups -OCH3 is 1. The summed E-state index contributed by atoms with van der Waals surface area (Å²) >= 11 is 0. The summed E-state index contributed by atoms with van der Waals surface area (Å²) in [6, 6.07) is 2.08. The largest absolute Gasteiger partial charge is 0.496 e. The molecule has 1 aromatic rings. The predicted octanol–water partition coefficient (Wildman–Crippen LogP) is 6.28. The smallest absolute Gasteiger partial charge is 0.331 e. The summed E-state index contributed by atoms with van der Waals surface area (Å²) < 4.78 is 10.6. The van der Waals surface area contributed by atoms with E-state index in [0.717, 1.165) is 16.9 Å². The third-order valence-corrected chi connectivity index (χ3v) is 4.46. The number of rotatable bonds is 8. The van der Waals surface area contributed by atoms with Gasteiger partial charge in [-0.05, 0) is 74.4 Å². The van der Waals surface area contributed by atoms with Crippen molar-refractivity contribution in [1.82, 2.24) is 0 Å². The number of benzene rings is 1. The molecule has 0 amide bonds. The minimum Gasteiger partial charge on any atom is -0.496 e. The van der Waals surface area contributed by atoms with Crippen LogP contribution in [-0.2, 0) is 9.53 Å². The molecule has 3 heteroatoms. The summed E-state index contributed by atoms with van der Waals surface area (Å²) in [5.74, 6) is 0.973. The van der Waals surface area contributed by atoms with Crippen molar-refractivity contribution in [3.63, 3.8) is 0 Å². The molecule has 3 nitrogen and oxygen atoms in total. The molecule has 0 aromatic heterocycles. The summed E-state index contributed by atoms with van der Waals surface area (Å²) in [4.78, 5) is 11.7. The maximum absolute atomic E-state index is 11.7. The minimum atomic E-state index is -0.294. The maximum Gasteiger partial charge on any atom is 0.331 e. The van der Waals surface area contributed by atoms with Gasteiger partial charge in [0.2, 0.25) is 0 Å². The van der Waals surface area contributed by atoms with Gasteiger partial charge >= 0.3 is 5.97 Å². The van der Waals surface area contributed by atoms with E-state index in [-0.39, 0.29) is 5.97 Å². The third kappa shape index (κ3) is 7.59. The van der Waals surface area contributed by atoms with Gasteiger partial charge in [0.15, 0.2) is 0 Å². The van der Waals surface area contributed by atoms with Gasteiger partial charge in [-0.15, -0.1) is 0 Å². The Balaban J connectivity index is 2.81. The number of ether oxygens (including phenoxy) is 2. The maximum atomic E-state index is 11.7. The van der Waals surface area contributed by atoms with Crippen molar-refractivity contribution in [3.8, 4) is 5.75 Å². The lowest BCUT2D eigenvalue weighted by Gasteiger charge is -2.13. The molecule has 0 unspecified atom stereocenters. The Bertz CT molecular complexity index is 806. The molecule has 0 spiro atoms. The zero-order chi connectivity index (χ0) is 21.3. The zero-order valence-corrected chi connectivity index (χ0v) is 18.6. The van der Waals surface area contributed by atoms with Crippen LogP contribution in [0.5, 0.6) is 5.75 Å². The molecule has 28 heavy (non-hydrogen) atoms. The second-order valence-corrected chi connectivity index (χ2v) is 7.57. The molecule has 0 heterocycles. The monoisotopic (exact) mass is 382 g/mol. The molecule has 1 aromatic carbocycles. The molecule has 0 atom stereocenters. The highest BCUT2D eigenvalue weighted by atomic mass is 16.5. The number of aryl methyl sites for hydroxylation is 1. The quantitative estimate of drug-likeness (QED) is 0.301. The number of hydrogen-bond acceptors (Lipinski definition) is 3. The highest BCUT2D eigenvalue weighted by Crippen LogP contribution is 2.28. The highest BCUT2D eigenvalue weighted by Gasteiger charge is 2.08. The lowest BCUT2D eigenvalue weighted by Crippen LogP contribution is -2.07. The standard InChI is InChI=1S/C25H34O3/c1-17(2)16-28-25(26)14-19(4)11-9-10-18(3)12-13-23-20(5)15-24(27-8)22(7)21(23)6/h9-15,17H,16H2,1-8H3. The third-order valence-electron chi connectivity index (χ3n) is 4.46. The Hall–Kier alpha value is -2.55. The molecule has 152 valence electrons. The molecule has 0 N–H and O–H groups in total. The SMILES string of the molecule is COc1cc(C)c(C=CC(C)=CC=CC(C)=CC(=O)OCC(C)C)c(C)c1C. The van der Waals surface area contributed by atoms with Gasteiger partial charge in [-0.25, -0.2) is 4.79 Å². The van der Waals surface area contributed by atoms with Crippen LogP contribution >= 0.6 is 0 Å². The number of allylic oxidation sites excluding steroid dienone is 6. The molecule has 0 saturated heterocycles. The van der Waals surface area contributed by atoms with E-state index in [1.807, 2.05) is 39.0 Å². The number of carbonyl (C=O) groups excluding carboxylic acids is 1. The molecule has 1 rings (SSSR count). The van der Waals surface area contributed by atoms with Gasteiger partial charge in [-0.3, -0.25) is 0 Å². The molecular weight excluding hydrogens is 348 g/mol. The minimum absolute atomic E-state index is 0.294. The molecule has 0 aliphatic rings. The molecule has 0 fully saturated rings. The fraction of sp³-hybridized carbons (Fsp3) is 0.400. The van der Waals surface area contributed by atoms with Gasteiger partial charge in [-0.2, -0.15) is 0 Å². The van der Waals surface area contributed by atoms with Crippen LogP contribution in [0.3, 0.4) is 0 Å². The lowest BCUT2D eigenvalue weighted by atomic mass is 9.96. The van der Waals surface area contributed by atoms with Crippen LogP contribution in [-0.4, -0.2) is 19.7 Å². The molecule has 0 aliphatic heterocycles. The topological polar surface area (TPSA) is 35.5 Å². The average molecular weight is 383 g/mol. The van der Waals surface area contributed by atoms with Crippen LogP contribution in [0.2, 0.25) is 0 Å². The van der Waals surface area contributed by atoms with E-state index in [2.05, 4.69) is 45.9 Å². The average Bonchev–Trinajstić information content (AvgIpc) is 2.62. The van der Waals surface area contributed by atoms with Gasteiger partial charge in [0.05, 0.1) is 13.7 Å². The Morgan fingerprint density at radius 2 is 1.75 bits per heavy atom. The highest BCUT2D eigenvalue weighted by molar-refractivity contribution is 5.83. The van der Waals surface area contributed by atoms with Crippen molar-refractivity contribution in [2.75, 3.05) is 13.7 Å². The summed E-state index contributed by atoms with van der Waals surface area (Å²) in [5.41, 5.74) is 6.80. The second kappa shape index (κ2) is 11.3. The van der Waals surface area contributed by atoms with E-state index in [1.54, 1.807) is 7.11 Å². The zero-order valence-electron chi connectivity index (χ0n) is 18.6. The number of esters is 1. The number of carbonyl (C=O) groups is 1. The van der Waals surface area contributed by atoms with Crippen molar-refractivity contribution in [2.24, 2.45) is 5.92 Å². The van der Waals surface area contributed by atoms with Gasteiger partial charge in [0.25, 0.3) is 0 Å². The van der Waals surface area contributed by atoms with E-state index in [4.69, 9.17) is 9.47 Å². The second-order valence-electron chi connectivity index (χ2n) is 7.57. The van der Waals surface area contributed by atoms with Crippen molar-refractivity contribution in [2.45, 2.75) is 48.5 Å². The first-order chi connectivity index (χ1) is 13.1. The first-order valence-corrected chi connectivity index (χ1v) is 9.68. The summed E-state index contributed by atoms with van der Waals surface area (Å²) in [7, 11) is 1.70. The Kier molecular flexibility index (Phi) is 9.50. The van der Waals surface area contributed by atoms with Crippen LogP contribution in [0.15, 0.2) is 47.6 Å². The Labute approximate surface area is 170 Å². The van der Waals surface area contributed by atoms with Gasteiger partial charge in [-0.1, -0.05) is 49.8 Å². The van der Waals surface area contributed by atoms with E-state index in [9.17, 15) is 4.79 Å². The van der Waals surface area contributed by atoms with E-state index >= 15 is 0 Å². The number of hydrogen-bond donors (Lipinski definition) is 0. The van der Waals surface area contributed by atoms with Gasteiger partial charge in [0, 0.05) is 6.08 Å². The fourth-order valence-electron chi connectivity index (χ4n) is 2.68. The van der Waals surface area contributed by atoms with Crippen LogP contribution in [0.4, 0.5) is 0 Å². The first kappa shape index (κ1) is 23.5. The Morgan fingerprint density at radius 1 is 1.07 bits per heavy atom. The van der Waals surface area contributed by atoms with Crippen molar-refractivity contribution in [3.05, 3.63) is 69.8 Å². The normalized spacial score (nSPS) is 13.0. The van der Waals surface area contributed by atoms with Crippen LogP contribution in [0.1, 0.15) is 49.9 Å². The van der Waals surface area contributed by atoms with E-state index in [1.165, 1.54) is 28.3 Å². The first-order valence-electron chi connectivity index (χ1n) is 9.68. The van der Waals surface area contributed by atoms with Gasteiger partial charge in [0.1, 0.15) is 5.75 Å². The predicted molar refractivity (Wildman–Crippen MR) is 119 cm³/mol. The Morgan fingerprint density at radius 3 is 2.36 bits per heavy atom. The molecule has 0 radical (unpaired) electrons. The lowest BCUT2D eigenvalue weighted by molar-refractivity contribution is -0.138. The summed E-state index contributed by atoms with van der Waals surface area (Å²) in [6.07, 6.45) is 11.6. The molecule has 0 saturated carbocycles. The van der Waals surface area contributed by atoms with E-state index < -0.39 is 0 Å². The van der Waals surface area contributed by atoms with Gasteiger partial charge < -0.3 is 9.47 Å². The molecule has 0 aliphatic carbocycles. The van der Waals surface area contributed by atoms with E-state index in [0.29, 0.717) is 12.5 Å². The molecular formula is C25H34O3. The van der Waals surface area contributed by atoms with Crippen LogP contribution in [0.25, 0.3) is 6.08 Å². The van der Waals surface area contributed by atoms with Crippen molar-refractivity contribution >= 4 is 12.0 Å². The van der Waals surface area contributed by atoms with Crippen molar-refractivity contribution in [1.29, 1.82) is 0 Å². The summed E-state index contributed by atoms with van der Waals surface area (Å²) in [5, 5.41) is 0. The summed E-state index contributed by atoms with van der Waals surface area (Å²) in [6.45, 7) is 14.7. The van der Waals surface area contributed by atoms with Crippen LogP contribution < -0.4 is 4.74 Å². The molecule has 0 bridgehead atoms. The van der Waals surface area contributed by atoms with Crippen molar-refractivity contribution < 1.29 is 14.3 Å². The fourth-order valence-corrected chi connectivity index (χ4v) is 2.68.